The number of nitrogens with zero attached hydrogens (tertiary/aromatic N) is 2. The Morgan fingerprint density at radius 1 is 1.39 bits per heavy atom. The fourth-order valence-corrected chi connectivity index (χ4v) is 2.36. The molecule has 6 nitrogen and oxygen atoms in total. The SMILES string of the molecule is Cc1cc(N)n(-c2ccc(S(=O)(=O)O)cc2Cl)n1. The summed E-state index contributed by atoms with van der Waals surface area (Å²) in [5.41, 5.74) is 6.89. The second-order valence-corrected chi connectivity index (χ2v) is 5.54. The van der Waals surface area contributed by atoms with E-state index in [9.17, 15) is 8.42 Å². The topological polar surface area (TPSA) is 98.2 Å². The number of benzene rings is 1. The van der Waals surface area contributed by atoms with Gasteiger partial charge in [-0.3, -0.25) is 4.55 Å². The van der Waals surface area contributed by atoms with E-state index in [1.165, 1.54) is 16.8 Å². The van der Waals surface area contributed by atoms with Gasteiger partial charge in [0.05, 0.1) is 21.3 Å². The molecule has 0 atom stereocenters. The molecule has 0 spiro atoms. The molecule has 0 saturated carbocycles. The highest BCUT2D eigenvalue weighted by Gasteiger charge is 2.14. The second kappa shape index (κ2) is 4.27. The van der Waals surface area contributed by atoms with Crippen molar-refractivity contribution in [2.45, 2.75) is 11.8 Å². The lowest BCUT2D eigenvalue weighted by atomic mass is 10.3. The van der Waals surface area contributed by atoms with Crippen LogP contribution in [0.5, 0.6) is 0 Å². The van der Waals surface area contributed by atoms with Gasteiger partial charge < -0.3 is 5.73 Å². The molecule has 1 heterocycles. The zero-order chi connectivity index (χ0) is 13.5. The quantitative estimate of drug-likeness (QED) is 0.819. The average molecular weight is 288 g/mol. The van der Waals surface area contributed by atoms with Crippen molar-refractivity contribution in [1.29, 1.82) is 0 Å². The Hall–Kier alpha value is -1.57. The zero-order valence-electron chi connectivity index (χ0n) is 9.33. The first-order valence-corrected chi connectivity index (χ1v) is 6.70. The maximum absolute atomic E-state index is 11.0. The number of anilines is 1. The van der Waals surface area contributed by atoms with E-state index in [-0.39, 0.29) is 9.92 Å². The minimum Gasteiger partial charge on any atom is -0.384 e. The van der Waals surface area contributed by atoms with Gasteiger partial charge in [0.15, 0.2) is 0 Å². The van der Waals surface area contributed by atoms with E-state index in [1.54, 1.807) is 13.0 Å². The molecule has 0 aliphatic heterocycles. The second-order valence-electron chi connectivity index (χ2n) is 3.71. The number of nitrogen functional groups attached to an aromatic ring is 1. The van der Waals surface area contributed by atoms with Crippen molar-refractivity contribution >= 4 is 27.5 Å². The number of aryl methyl sites for hydroxylation is 1. The van der Waals surface area contributed by atoms with Crippen LogP contribution in [-0.4, -0.2) is 22.8 Å². The highest BCUT2D eigenvalue weighted by molar-refractivity contribution is 7.85. The van der Waals surface area contributed by atoms with Crippen LogP contribution in [-0.2, 0) is 10.1 Å². The van der Waals surface area contributed by atoms with Crippen molar-refractivity contribution in [2.75, 3.05) is 5.73 Å². The summed E-state index contributed by atoms with van der Waals surface area (Å²) in [6, 6.07) is 5.46. The van der Waals surface area contributed by atoms with Crippen LogP contribution >= 0.6 is 11.6 Å². The molecular weight excluding hydrogens is 278 g/mol. The van der Waals surface area contributed by atoms with Gasteiger partial charge in [0.1, 0.15) is 5.82 Å². The molecule has 1 aromatic carbocycles. The summed E-state index contributed by atoms with van der Waals surface area (Å²) < 4.78 is 32.2. The van der Waals surface area contributed by atoms with Crippen LogP contribution in [0.15, 0.2) is 29.2 Å². The van der Waals surface area contributed by atoms with E-state index in [0.29, 0.717) is 17.2 Å². The summed E-state index contributed by atoms with van der Waals surface area (Å²) in [6.07, 6.45) is 0. The van der Waals surface area contributed by atoms with Crippen molar-refractivity contribution in [2.24, 2.45) is 0 Å². The van der Waals surface area contributed by atoms with Gasteiger partial charge in [-0.25, -0.2) is 4.68 Å². The first-order chi connectivity index (χ1) is 8.29. The van der Waals surface area contributed by atoms with Gasteiger partial charge in [-0.2, -0.15) is 13.5 Å². The molecule has 3 N–H and O–H groups in total. The average Bonchev–Trinajstić information content (AvgIpc) is 2.56. The van der Waals surface area contributed by atoms with Crippen LogP contribution in [0.3, 0.4) is 0 Å². The van der Waals surface area contributed by atoms with E-state index in [0.717, 1.165) is 6.07 Å². The van der Waals surface area contributed by atoms with Crippen LogP contribution in [0, 0.1) is 6.92 Å². The highest BCUT2D eigenvalue weighted by atomic mass is 35.5. The van der Waals surface area contributed by atoms with E-state index < -0.39 is 10.1 Å². The largest absolute Gasteiger partial charge is 0.384 e. The summed E-state index contributed by atoms with van der Waals surface area (Å²) in [4.78, 5) is -0.279. The Kier molecular flexibility index (Phi) is 3.05. The molecule has 2 rings (SSSR count). The molecule has 0 radical (unpaired) electrons. The zero-order valence-corrected chi connectivity index (χ0v) is 10.9. The van der Waals surface area contributed by atoms with Gasteiger partial charge in [0, 0.05) is 6.07 Å². The van der Waals surface area contributed by atoms with Gasteiger partial charge in [-0.1, -0.05) is 11.6 Å². The van der Waals surface area contributed by atoms with Crippen LogP contribution in [0.1, 0.15) is 5.69 Å². The number of rotatable bonds is 2. The molecule has 0 fully saturated rings. The summed E-state index contributed by atoms with van der Waals surface area (Å²) in [5, 5.41) is 4.25. The van der Waals surface area contributed by atoms with Crippen molar-refractivity contribution in [3.05, 3.63) is 35.0 Å². The number of hydrogen-bond acceptors (Lipinski definition) is 4. The Balaban J connectivity index is 2.58. The first kappa shape index (κ1) is 12.9. The van der Waals surface area contributed by atoms with Gasteiger partial charge in [0.2, 0.25) is 0 Å². The molecule has 0 saturated heterocycles. The normalized spacial score (nSPS) is 11.7. The molecule has 96 valence electrons. The molecule has 0 amide bonds. The Morgan fingerprint density at radius 3 is 2.50 bits per heavy atom. The lowest BCUT2D eigenvalue weighted by Gasteiger charge is -2.07. The first-order valence-electron chi connectivity index (χ1n) is 4.88. The van der Waals surface area contributed by atoms with Crippen LogP contribution in [0.25, 0.3) is 5.69 Å². The molecule has 8 heteroatoms. The van der Waals surface area contributed by atoms with Gasteiger partial charge in [-0.05, 0) is 25.1 Å². The predicted molar refractivity (Wildman–Crippen MR) is 67.5 cm³/mol. The Bertz CT molecular complexity index is 709. The highest BCUT2D eigenvalue weighted by Crippen LogP contribution is 2.25. The summed E-state index contributed by atoms with van der Waals surface area (Å²) in [7, 11) is -4.27. The number of hydrogen-bond donors (Lipinski definition) is 2. The Labute approximate surface area is 109 Å². The van der Waals surface area contributed by atoms with E-state index in [1.807, 2.05) is 0 Å². The molecule has 0 bridgehead atoms. The molecular formula is C10H10ClN3O3S. The fraction of sp³-hybridized carbons (Fsp3) is 0.100. The van der Waals surface area contributed by atoms with Crippen molar-refractivity contribution in [1.82, 2.24) is 9.78 Å². The summed E-state index contributed by atoms with van der Waals surface area (Å²) in [5.74, 6) is 0.383. The van der Waals surface area contributed by atoms with Crippen LogP contribution in [0.2, 0.25) is 5.02 Å². The molecule has 0 unspecified atom stereocenters. The number of halogens is 1. The minimum absolute atomic E-state index is 0.125. The smallest absolute Gasteiger partial charge is 0.294 e. The monoisotopic (exact) mass is 287 g/mol. The summed E-state index contributed by atoms with van der Waals surface area (Å²) >= 11 is 5.96. The lowest BCUT2D eigenvalue weighted by Crippen LogP contribution is -2.04. The van der Waals surface area contributed by atoms with Crippen LogP contribution in [0.4, 0.5) is 5.82 Å². The van der Waals surface area contributed by atoms with E-state index in [4.69, 9.17) is 21.9 Å². The standard InChI is InChI=1S/C10H10ClN3O3S/c1-6-4-10(12)14(13-6)9-3-2-7(5-8(9)11)18(15,16)17/h2-5H,12H2,1H3,(H,15,16,17). The molecule has 0 aliphatic rings. The summed E-state index contributed by atoms with van der Waals surface area (Å²) in [6.45, 7) is 1.77. The van der Waals surface area contributed by atoms with Crippen LogP contribution < -0.4 is 5.73 Å². The van der Waals surface area contributed by atoms with Gasteiger partial charge in [-0.15, -0.1) is 0 Å². The third-order valence-corrected chi connectivity index (χ3v) is 3.46. The molecule has 0 aliphatic carbocycles. The maximum atomic E-state index is 11.0. The number of aromatic nitrogens is 2. The van der Waals surface area contributed by atoms with E-state index >= 15 is 0 Å². The molecule has 18 heavy (non-hydrogen) atoms. The van der Waals surface area contributed by atoms with Gasteiger partial charge in [0.25, 0.3) is 10.1 Å². The minimum atomic E-state index is -4.27. The molecule has 1 aromatic heterocycles. The van der Waals surface area contributed by atoms with Crippen molar-refractivity contribution in [3.8, 4) is 5.69 Å². The molecule has 2 aromatic rings. The third kappa shape index (κ3) is 2.33. The van der Waals surface area contributed by atoms with Gasteiger partial charge >= 0.3 is 0 Å². The third-order valence-electron chi connectivity index (χ3n) is 2.30. The predicted octanol–water partition coefficient (Wildman–Crippen LogP) is 1.66. The maximum Gasteiger partial charge on any atom is 0.294 e. The lowest BCUT2D eigenvalue weighted by molar-refractivity contribution is 0.483. The number of nitrogens with two attached hydrogens (primary N) is 1. The van der Waals surface area contributed by atoms with E-state index in [2.05, 4.69) is 5.10 Å². The van der Waals surface area contributed by atoms with Crippen molar-refractivity contribution < 1.29 is 13.0 Å². The Morgan fingerprint density at radius 2 is 2.06 bits per heavy atom. The van der Waals surface area contributed by atoms with Crippen molar-refractivity contribution in [3.63, 3.8) is 0 Å². The fourth-order valence-electron chi connectivity index (χ4n) is 1.53.